The normalized spacial score (nSPS) is 25.2. The fraction of sp³-hybridized carbons (Fsp3) is 0.714. The van der Waals surface area contributed by atoms with Gasteiger partial charge in [0.15, 0.2) is 0 Å². The van der Waals surface area contributed by atoms with E-state index in [1.54, 1.807) is 53.7 Å². The van der Waals surface area contributed by atoms with Crippen molar-refractivity contribution in [1.29, 1.82) is 0 Å². The Balaban J connectivity index is 3.03. The highest BCUT2D eigenvalue weighted by molar-refractivity contribution is 6.02. The number of amides is 11. The molecule has 1 heterocycles. The van der Waals surface area contributed by atoms with E-state index in [9.17, 15) is 48.6 Å². The van der Waals surface area contributed by atoms with E-state index in [2.05, 4.69) is 27.8 Å². The minimum atomic E-state index is -1.71. The quantitative estimate of drug-likeness (QED) is 0.100. The lowest BCUT2D eigenvalue weighted by Crippen LogP contribution is -2.63. The third-order valence-corrected chi connectivity index (χ3v) is 18.1. The molecule has 6 N–H and O–H groups in total. The molecule has 0 saturated carbocycles. The second-order valence-electron chi connectivity index (χ2n) is 28.6. The van der Waals surface area contributed by atoms with Crippen LogP contribution >= 0.6 is 0 Å². The van der Waals surface area contributed by atoms with E-state index in [0.29, 0.717) is 25.7 Å². The number of aromatic carboxylic acids is 1. The average Bonchev–Trinajstić information content (AvgIpc) is 0.832. The first kappa shape index (κ1) is 83.6. The van der Waals surface area contributed by atoms with Gasteiger partial charge in [0.25, 0.3) is 5.91 Å². The maximum absolute atomic E-state index is 15.4. The smallest absolute Gasteiger partial charge is 0.335 e. The summed E-state index contributed by atoms with van der Waals surface area (Å²) in [5.74, 6) is -11.6. The number of benzene rings is 1. The molecule has 0 bridgehead atoms. The molecule has 25 heteroatoms. The van der Waals surface area contributed by atoms with E-state index < -0.39 is 155 Å². The molecule has 1 fully saturated rings. The molecule has 1 aliphatic rings. The maximum Gasteiger partial charge on any atom is 0.335 e. The molecule has 95 heavy (non-hydrogen) atoms. The van der Waals surface area contributed by atoms with E-state index in [1.165, 1.54) is 94.9 Å². The van der Waals surface area contributed by atoms with Crippen molar-refractivity contribution in [3.8, 4) is 0 Å². The van der Waals surface area contributed by atoms with Crippen molar-refractivity contribution < 1.29 is 67.7 Å². The summed E-state index contributed by atoms with van der Waals surface area (Å²) in [5, 5.41) is 32.9. The summed E-state index contributed by atoms with van der Waals surface area (Å²) in [7, 11) is 9.69. The van der Waals surface area contributed by atoms with Crippen molar-refractivity contribution in [2.75, 3.05) is 49.3 Å². The summed E-state index contributed by atoms with van der Waals surface area (Å²) in [6.07, 6.45) is 0.499. The zero-order chi connectivity index (χ0) is 73.1. The summed E-state index contributed by atoms with van der Waals surface area (Å²) < 4.78 is 0. The molecule has 25 nitrogen and oxygen atoms in total. The molecular weight excluding hydrogens is 1220 g/mol. The van der Waals surface area contributed by atoms with Crippen molar-refractivity contribution in [3.63, 3.8) is 0 Å². The fourth-order valence-corrected chi connectivity index (χ4v) is 11.9. The number of aliphatic hydroxyl groups is 1. The van der Waals surface area contributed by atoms with Gasteiger partial charge in [-0.3, -0.25) is 52.7 Å². The molecule has 2 rings (SSSR count). The Morgan fingerprint density at radius 2 is 0.958 bits per heavy atom. The summed E-state index contributed by atoms with van der Waals surface area (Å²) in [4.78, 5) is 182. The number of hydrogen-bond donors (Lipinski definition) is 6. The van der Waals surface area contributed by atoms with Crippen LogP contribution in [-0.2, 0) is 59.2 Å². The first-order valence-electron chi connectivity index (χ1n) is 33.8. The van der Waals surface area contributed by atoms with Crippen LogP contribution in [0, 0.1) is 41.4 Å². The number of likely N-dealkylation sites (N-methyl/N-ethyl adjacent to an activating group) is 7. The molecule has 0 aromatic heterocycles. The van der Waals surface area contributed by atoms with Crippen LogP contribution < -0.4 is 21.3 Å². The number of aryl methyl sites for hydroxylation is 1. The van der Waals surface area contributed by atoms with Gasteiger partial charge in [-0.15, -0.1) is 0 Å². The van der Waals surface area contributed by atoms with Crippen molar-refractivity contribution in [1.82, 2.24) is 55.6 Å². The van der Waals surface area contributed by atoms with Crippen molar-refractivity contribution in [3.05, 3.63) is 47.7 Å². The van der Waals surface area contributed by atoms with E-state index in [1.807, 2.05) is 55.4 Å². The Kier molecular flexibility index (Phi) is 33.2. The van der Waals surface area contributed by atoms with Gasteiger partial charge in [-0.1, -0.05) is 116 Å². The molecule has 11 amide bonds. The van der Waals surface area contributed by atoms with Crippen LogP contribution in [0.3, 0.4) is 0 Å². The van der Waals surface area contributed by atoms with E-state index in [0.717, 1.165) is 20.3 Å². The highest BCUT2D eigenvalue weighted by Crippen LogP contribution is 2.27. The molecule has 0 spiro atoms. The van der Waals surface area contributed by atoms with Gasteiger partial charge in [0, 0.05) is 49.3 Å². The van der Waals surface area contributed by atoms with Crippen LogP contribution in [0.5, 0.6) is 0 Å². The number of carbonyl (C=O) groups excluding carboxylic acids is 11. The summed E-state index contributed by atoms with van der Waals surface area (Å²) in [5.41, 5.74) is 0.545. The topological polar surface area (TPSA) is 316 Å². The summed E-state index contributed by atoms with van der Waals surface area (Å²) >= 11 is 0. The van der Waals surface area contributed by atoms with Crippen LogP contribution in [0.25, 0.3) is 0 Å². The number of carboxylic acid groups (broad SMARTS) is 1. The zero-order valence-corrected chi connectivity index (χ0v) is 61.2. The second kappa shape index (κ2) is 37.7. The zero-order valence-electron chi connectivity index (χ0n) is 61.2. The molecule has 0 radical (unpaired) electrons. The standard InChI is InChI=1S/C70H117N11O14/c1-25-50-65(89)75(18)47(17)64(88)77(20)53(36-40(6)7)61(85)74-55(42(10)11)68(92)78(21)52(35-39(4)5)60(84)71-45(15)59(83)72-46(16)63(87)79(22)54(37-41(8)9)67(91)76(19)51(34-29-38(2)3)66(90)80(23)56(43(12)13)69(93)81(24)57(62(86)73-50)58(82)44(14)27-26-28-48-30-32-49(33-31-48)70(94)95/h30-33,38-46,50-58,82H,17,25-29,34-37H2,1-16,18-24H3,(H,71,84)(H,72,83)(H,73,86)(H,74,85)(H,94,95)/t44-,45-,46+,50+,51+,52-,53+,54+,55-,56+,57+,58-/m1/s1. The molecule has 1 aromatic rings. The monoisotopic (exact) mass is 1340 g/mol. The number of hydrogen-bond acceptors (Lipinski definition) is 13. The van der Waals surface area contributed by atoms with E-state index >= 15 is 19.2 Å². The Morgan fingerprint density at radius 1 is 0.495 bits per heavy atom. The molecule has 0 aliphatic carbocycles. The number of nitrogens with one attached hydrogen (secondary N) is 4. The third kappa shape index (κ3) is 23.1. The van der Waals surface area contributed by atoms with Crippen molar-refractivity contribution in [2.45, 2.75) is 235 Å². The molecule has 1 aromatic carbocycles. The lowest BCUT2D eigenvalue weighted by molar-refractivity contribution is -0.157. The highest BCUT2D eigenvalue weighted by atomic mass is 16.4. The largest absolute Gasteiger partial charge is 0.478 e. The van der Waals surface area contributed by atoms with Crippen LogP contribution in [0.1, 0.15) is 178 Å². The first-order chi connectivity index (χ1) is 44.0. The Bertz CT molecular complexity index is 2840. The average molecular weight is 1340 g/mol. The van der Waals surface area contributed by atoms with Gasteiger partial charge >= 0.3 is 5.97 Å². The van der Waals surface area contributed by atoms with Gasteiger partial charge in [-0.2, -0.15) is 0 Å². The van der Waals surface area contributed by atoms with Crippen LogP contribution in [0.2, 0.25) is 0 Å². The molecular formula is C70H117N11O14. The van der Waals surface area contributed by atoms with E-state index in [4.69, 9.17) is 0 Å². The number of carbonyl (C=O) groups is 12. The van der Waals surface area contributed by atoms with Crippen molar-refractivity contribution >= 4 is 70.9 Å². The van der Waals surface area contributed by atoms with Gasteiger partial charge in [-0.25, -0.2) is 4.79 Å². The van der Waals surface area contributed by atoms with Crippen LogP contribution in [0.4, 0.5) is 0 Å². The minimum absolute atomic E-state index is 0.0426. The first-order valence-corrected chi connectivity index (χ1v) is 33.8. The van der Waals surface area contributed by atoms with Gasteiger partial charge in [0.2, 0.25) is 59.1 Å². The predicted molar refractivity (Wildman–Crippen MR) is 364 cm³/mol. The Labute approximate surface area is 565 Å². The number of carboxylic acids is 1. The second-order valence-corrected chi connectivity index (χ2v) is 28.6. The van der Waals surface area contributed by atoms with Gasteiger partial charge in [-0.05, 0) is 131 Å². The molecule has 1 aliphatic heterocycles. The number of aliphatic hydroxyl groups excluding tert-OH is 1. The predicted octanol–water partition coefficient (Wildman–Crippen LogP) is 4.93. The van der Waals surface area contributed by atoms with Crippen LogP contribution in [-0.4, -0.2) is 231 Å². The van der Waals surface area contributed by atoms with E-state index in [-0.39, 0.29) is 67.0 Å². The van der Waals surface area contributed by atoms with Gasteiger partial charge < -0.3 is 65.8 Å². The Hall–Kier alpha value is -7.44. The summed E-state index contributed by atoms with van der Waals surface area (Å²) in [6, 6.07) is -6.59. The Morgan fingerprint density at radius 3 is 1.44 bits per heavy atom. The maximum atomic E-state index is 15.4. The van der Waals surface area contributed by atoms with Crippen molar-refractivity contribution in [2.24, 2.45) is 41.4 Å². The molecule has 12 atom stereocenters. The highest BCUT2D eigenvalue weighted by Gasteiger charge is 2.46. The SMILES string of the molecule is C=C1C(=O)N(C)[C@@H](CC(C)C)C(=O)N[C@H](C(C)C)C(=O)N(C)[C@H](CC(C)C)C(=O)N[C@H](C)C(=O)N[C@@H](C)C(=O)N(C)[C@@H](CC(C)C)C(=O)N(C)[C@@H](CCC(C)C)C(=O)N(C)[C@@H](C(C)C)C(=O)N(C)[C@@H]([C@H](O)[C@H](C)CCCc2ccc(C(=O)O)cc2)C(=O)N[C@@H](CC)C(=O)N1C. The molecule has 1 saturated heterocycles. The molecule has 0 unspecified atom stereocenters. The number of rotatable bonds is 19. The number of nitrogens with zero attached hydrogens (tertiary/aromatic N) is 7. The summed E-state index contributed by atoms with van der Waals surface area (Å²) in [6.45, 7) is 31.9. The van der Waals surface area contributed by atoms with Crippen LogP contribution in [0.15, 0.2) is 36.5 Å². The van der Waals surface area contributed by atoms with Gasteiger partial charge in [0.05, 0.1) is 11.7 Å². The van der Waals surface area contributed by atoms with Gasteiger partial charge in [0.1, 0.15) is 66.1 Å². The third-order valence-electron chi connectivity index (χ3n) is 18.1. The lowest BCUT2D eigenvalue weighted by Gasteiger charge is -2.41. The molecule has 536 valence electrons. The minimum Gasteiger partial charge on any atom is -0.478 e. The lowest BCUT2D eigenvalue weighted by atomic mass is 9.89. The fourth-order valence-electron chi connectivity index (χ4n) is 11.9.